The average molecular weight is 351 g/mol. The molecule has 2 unspecified atom stereocenters. The van der Waals surface area contributed by atoms with Gasteiger partial charge in [-0.3, -0.25) is 4.79 Å². The monoisotopic (exact) mass is 351 g/mol. The van der Waals surface area contributed by atoms with E-state index in [1.165, 1.54) is 24.0 Å². The number of carbonyl (C=O) groups excluding carboxylic acids is 1. The number of ether oxygens (including phenoxy) is 1. The average Bonchev–Trinajstić information content (AvgIpc) is 3.19. The van der Waals surface area contributed by atoms with Crippen LogP contribution in [0.1, 0.15) is 42.0 Å². The quantitative estimate of drug-likeness (QED) is 0.792. The Bertz CT molecular complexity index is 806. The summed E-state index contributed by atoms with van der Waals surface area (Å²) in [5, 5.41) is 3.14. The van der Waals surface area contributed by atoms with Crippen molar-refractivity contribution >= 4 is 11.6 Å². The highest BCUT2D eigenvalue weighted by atomic mass is 16.5. The number of carbonyl (C=O) groups is 1. The number of anilines is 1. The molecule has 1 heterocycles. The third kappa shape index (κ3) is 3.45. The van der Waals surface area contributed by atoms with Gasteiger partial charge in [0.2, 0.25) is 5.91 Å². The SMILES string of the molecule is COc1cccc(C2CC(C(=O)Nc3cccc4c3CCCC4)NN2)c1. The Morgan fingerprint density at radius 3 is 2.85 bits per heavy atom. The summed E-state index contributed by atoms with van der Waals surface area (Å²) < 4.78 is 5.29. The Balaban J connectivity index is 1.43. The van der Waals surface area contributed by atoms with Crippen molar-refractivity contribution in [2.24, 2.45) is 0 Å². The van der Waals surface area contributed by atoms with Crippen LogP contribution < -0.4 is 20.9 Å². The van der Waals surface area contributed by atoms with Crippen molar-refractivity contribution in [1.29, 1.82) is 0 Å². The van der Waals surface area contributed by atoms with Gasteiger partial charge in [-0.1, -0.05) is 24.3 Å². The lowest BCUT2D eigenvalue weighted by Gasteiger charge is -2.20. The summed E-state index contributed by atoms with van der Waals surface area (Å²) in [5.74, 6) is 0.843. The normalized spacial score (nSPS) is 21.9. The van der Waals surface area contributed by atoms with Crippen molar-refractivity contribution in [3.8, 4) is 5.75 Å². The molecule has 2 atom stereocenters. The predicted molar refractivity (Wildman–Crippen MR) is 102 cm³/mol. The second kappa shape index (κ2) is 7.48. The molecule has 4 rings (SSSR count). The molecule has 0 aromatic heterocycles. The molecular weight excluding hydrogens is 326 g/mol. The van der Waals surface area contributed by atoms with Crippen LogP contribution in [0, 0.1) is 0 Å². The van der Waals surface area contributed by atoms with Crippen molar-refractivity contribution in [3.63, 3.8) is 0 Å². The highest BCUT2D eigenvalue weighted by molar-refractivity contribution is 5.95. The van der Waals surface area contributed by atoms with E-state index in [1.54, 1.807) is 7.11 Å². The third-order valence-electron chi connectivity index (χ3n) is 5.37. The predicted octanol–water partition coefficient (Wildman–Crippen LogP) is 3.12. The van der Waals surface area contributed by atoms with Gasteiger partial charge in [-0.05, 0) is 67.0 Å². The van der Waals surface area contributed by atoms with Crippen molar-refractivity contribution in [2.45, 2.75) is 44.2 Å². The van der Waals surface area contributed by atoms with Crippen LogP contribution >= 0.6 is 0 Å². The van der Waals surface area contributed by atoms with E-state index in [1.807, 2.05) is 30.3 Å². The second-order valence-electron chi connectivity index (χ2n) is 7.05. The van der Waals surface area contributed by atoms with E-state index >= 15 is 0 Å². The van der Waals surface area contributed by atoms with Crippen LogP contribution in [0.15, 0.2) is 42.5 Å². The third-order valence-corrected chi connectivity index (χ3v) is 5.37. The van der Waals surface area contributed by atoms with Gasteiger partial charge in [-0.25, -0.2) is 10.9 Å². The molecule has 2 aromatic carbocycles. The molecular formula is C21H25N3O2. The fourth-order valence-corrected chi connectivity index (χ4v) is 3.92. The van der Waals surface area contributed by atoms with Crippen LogP contribution in [0.5, 0.6) is 5.75 Å². The maximum absolute atomic E-state index is 12.8. The van der Waals surface area contributed by atoms with E-state index < -0.39 is 0 Å². The minimum absolute atomic E-state index is 0.0156. The van der Waals surface area contributed by atoms with E-state index in [4.69, 9.17) is 4.74 Å². The van der Waals surface area contributed by atoms with Crippen molar-refractivity contribution in [2.75, 3.05) is 12.4 Å². The number of hydrogen-bond acceptors (Lipinski definition) is 4. The Kier molecular flexibility index (Phi) is 4.91. The molecule has 1 amide bonds. The Morgan fingerprint density at radius 2 is 1.96 bits per heavy atom. The molecule has 1 aliphatic heterocycles. The Morgan fingerprint density at radius 1 is 1.12 bits per heavy atom. The van der Waals surface area contributed by atoms with E-state index in [9.17, 15) is 4.79 Å². The Labute approximate surface area is 154 Å². The van der Waals surface area contributed by atoms with Crippen molar-refractivity contribution in [1.82, 2.24) is 10.9 Å². The van der Waals surface area contributed by atoms with E-state index in [0.29, 0.717) is 6.42 Å². The molecule has 3 N–H and O–H groups in total. The van der Waals surface area contributed by atoms with Gasteiger partial charge in [0.1, 0.15) is 11.8 Å². The van der Waals surface area contributed by atoms with Crippen LogP contribution in [0.4, 0.5) is 5.69 Å². The second-order valence-corrected chi connectivity index (χ2v) is 7.05. The fraction of sp³-hybridized carbons (Fsp3) is 0.381. The van der Waals surface area contributed by atoms with Crippen LogP contribution in [0.2, 0.25) is 0 Å². The highest BCUT2D eigenvalue weighted by Gasteiger charge is 2.30. The lowest BCUT2D eigenvalue weighted by atomic mass is 9.90. The number of hydrogen-bond donors (Lipinski definition) is 3. The molecule has 1 fully saturated rings. The summed E-state index contributed by atoms with van der Waals surface area (Å²) in [6, 6.07) is 14.0. The minimum atomic E-state index is -0.259. The number of aryl methyl sites for hydroxylation is 1. The number of methoxy groups -OCH3 is 1. The summed E-state index contributed by atoms with van der Waals surface area (Å²) in [4.78, 5) is 12.8. The molecule has 136 valence electrons. The van der Waals surface area contributed by atoms with Gasteiger partial charge >= 0.3 is 0 Å². The van der Waals surface area contributed by atoms with Crippen LogP contribution in [0.3, 0.4) is 0 Å². The van der Waals surface area contributed by atoms with Crippen molar-refractivity contribution in [3.05, 3.63) is 59.2 Å². The largest absolute Gasteiger partial charge is 0.497 e. The maximum atomic E-state index is 12.8. The number of amides is 1. The number of hydrazine groups is 1. The molecule has 5 heteroatoms. The van der Waals surface area contributed by atoms with Crippen LogP contribution in [-0.4, -0.2) is 19.1 Å². The minimum Gasteiger partial charge on any atom is -0.497 e. The summed E-state index contributed by atoms with van der Waals surface area (Å²) in [7, 11) is 1.66. The molecule has 1 aliphatic carbocycles. The fourth-order valence-electron chi connectivity index (χ4n) is 3.92. The first-order valence-electron chi connectivity index (χ1n) is 9.31. The van der Waals surface area contributed by atoms with Crippen LogP contribution in [-0.2, 0) is 17.6 Å². The molecule has 5 nitrogen and oxygen atoms in total. The molecule has 2 aliphatic rings. The van der Waals surface area contributed by atoms with E-state index in [0.717, 1.165) is 29.8 Å². The molecule has 0 radical (unpaired) electrons. The summed E-state index contributed by atoms with van der Waals surface area (Å²) in [6.45, 7) is 0. The van der Waals surface area contributed by atoms with Gasteiger partial charge < -0.3 is 10.1 Å². The lowest BCUT2D eigenvalue weighted by molar-refractivity contribution is -0.117. The maximum Gasteiger partial charge on any atom is 0.242 e. The smallest absolute Gasteiger partial charge is 0.242 e. The first-order chi connectivity index (χ1) is 12.7. The zero-order chi connectivity index (χ0) is 17.9. The molecule has 0 saturated carbocycles. The van der Waals surface area contributed by atoms with Gasteiger partial charge in [0.05, 0.1) is 7.11 Å². The number of rotatable bonds is 4. The zero-order valence-corrected chi connectivity index (χ0v) is 15.0. The van der Waals surface area contributed by atoms with Gasteiger partial charge in [0.25, 0.3) is 0 Å². The van der Waals surface area contributed by atoms with Gasteiger partial charge in [-0.15, -0.1) is 0 Å². The topological polar surface area (TPSA) is 62.4 Å². The summed E-state index contributed by atoms with van der Waals surface area (Å²) in [6.07, 6.45) is 5.30. The standard InChI is InChI=1S/C21H25N3O2/c1-26-16-9-4-8-15(12-16)19-13-20(24-23-19)21(25)22-18-11-5-7-14-6-2-3-10-17(14)18/h4-5,7-9,11-12,19-20,23-24H,2-3,6,10,13H2,1H3,(H,22,25). The van der Waals surface area contributed by atoms with Crippen LogP contribution in [0.25, 0.3) is 0 Å². The molecule has 0 bridgehead atoms. The molecule has 26 heavy (non-hydrogen) atoms. The summed E-state index contributed by atoms with van der Waals surface area (Å²) in [5.41, 5.74) is 11.1. The number of fused-ring (bicyclic) bond motifs is 1. The Hall–Kier alpha value is -2.37. The molecule has 1 saturated heterocycles. The first kappa shape index (κ1) is 17.1. The number of nitrogens with one attached hydrogen (secondary N) is 3. The van der Waals surface area contributed by atoms with Gasteiger partial charge in [-0.2, -0.15) is 0 Å². The zero-order valence-electron chi connectivity index (χ0n) is 15.0. The van der Waals surface area contributed by atoms with E-state index in [-0.39, 0.29) is 18.0 Å². The van der Waals surface area contributed by atoms with Gasteiger partial charge in [0.15, 0.2) is 0 Å². The molecule has 0 spiro atoms. The highest BCUT2D eigenvalue weighted by Crippen LogP contribution is 2.29. The van der Waals surface area contributed by atoms with E-state index in [2.05, 4.69) is 28.3 Å². The van der Waals surface area contributed by atoms with Gasteiger partial charge in [0, 0.05) is 11.7 Å². The lowest BCUT2D eigenvalue weighted by Crippen LogP contribution is -2.39. The molecule has 2 aromatic rings. The first-order valence-corrected chi connectivity index (χ1v) is 9.31. The van der Waals surface area contributed by atoms with Crippen molar-refractivity contribution < 1.29 is 9.53 Å². The number of benzene rings is 2. The summed E-state index contributed by atoms with van der Waals surface area (Å²) >= 11 is 0.